The van der Waals surface area contributed by atoms with Crippen LogP contribution < -0.4 is 5.32 Å². The molecule has 0 aromatic heterocycles. The topological polar surface area (TPSA) is 95.7 Å². The highest BCUT2D eigenvalue weighted by Crippen LogP contribution is 2.21. The van der Waals surface area contributed by atoms with E-state index >= 15 is 0 Å². The number of anilines is 1. The molecular weight excluding hydrogens is 250 g/mol. The van der Waals surface area contributed by atoms with Crippen molar-refractivity contribution in [3.8, 4) is 0 Å². The molecular formula is C12H15N3O4. The molecule has 102 valence electrons. The molecule has 2 amide bonds. The van der Waals surface area contributed by atoms with Gasteiger partial charge in [-0.1, -0.05) is 0 Å². The van der Waals surface area contributed by atoms with Crippen LogP contribution in [0.3, 0.4) is 0 Å². The maximum atomic E-state index is 11.9. The Hall–Kier alpha value is -2.15. The van der Waals surface area contributed by atoms with E-state index < -0.39 is 10.5 Å². The molecule has 2 rings (SSSR count). The second-order valence-corrected chi connectivity index (χ2v) is 4.90. The molecule has 0 saturated carbocycles. The third-order valence-electron chi connectivity index (χ3n) is 3.07. The van der Waals surface area contributed by atoms with Crippen LogP contribution in [-0.2, 0) is 0 Å². The lowest BCUT2D eigenvalue weighted by Gasteiger charge is -2.19. The normalized spacial score (nSPS) is 22.3. The standard InChI is InChI=1S/C12H15N3O4/c1-12(17)6-7-14(8-12)11(16)13-9-2-4-10(5-3-9)15(18)19/h2-5,17H,6-8H2,1H3,(H,13,16). The molecule has 1 aromatic rings. The van der Waals surface area contributed by atoms with Crippen molar-refractivity contribution in [2.24, 2.45) is 0 Å². The van der Waals surface area contributed by atoms with E-state index in [2.05, 4.69) is 5.32 Å². The third kappa shape index (κ3) is 3.19. The van der Waals surface area contributed by atoms with Gasteiger partial charge in [0.15, 0.2) is 0 Å². The molecule has 0 radical (unpaired) electrons. The Morgan fingerprint density at radius 2 is 2.11 bits per heavy atom. The second kappa shape index (κ2) is 4.85. The molecule has 1 heterocycles. The number of rotatable bonds is 2. The van der Waals surface area contributed by atoms with Crippen LogP contribution in [0.1, 0.15) is 13.3 Å². The van der Waals surface area contributed by atoms with Crippen LogP contribution in [0.5, 0.6) is 0 Å². The smallest absolute Gasteiger partial charge is 0.321 e. The van der Waals surface area contributed by atoms with Gasteiger partial charge in [-0.05, 0) is 25.5 Å². The number of β-amino-alcohol motifs (C(OH)–C–C–N with tert-alkyl or cyclic N) is 1. The zero-order chi connectivity index (χ0) is 14.0. The number of carbonyl (C=O) groups is 1. The zero-order valence-electron chi connectivity index (χ0n) is 10.5. The number of likely N-dealkylation sites (tertiary alicyclic amines) is 1. The predicted molar refractivity (Wildman–Crippen MR) is 68.9 cm³/mol. The zero-order valence-corrected chi connectivity index (χ0v) is 10.5. The van der Waals surface area contributed by atoms with Crippen LogP contribution in [0, 0.1) is 10.1 Å². The summed E-state index contributed by atoms with van der Waals surface area (Å²) >= 11 is 0. The lowest BCUT2D eigenvalue weighted by atomic mass is 10.1. The number of nitro groups is 1. The Bertz CT molecular complexity index is 498. The van der Waals surface area contributed by atoms with Gasteiger partial charge >= 0.3 is 6.03 Å². The van der Waals surface area contributed by atoms with Crippen molar-refractivity contribution in [1.29, 1.82) is 0 Å². The highest BCUT2D eigenvalue weighted by Gasteiger charge is 2.33. The Morgan fingerprint density at radius 3 is 2.58 bits per heavy atom. The molecule has 2 N–H and O–H groups in total. The van der Waals surface area contributed by atoms with E-state index in [1.54, 1.807) is 6.92 Å². The summed E-state index contributed by atoms with van der Waals surface area (Å²) in [7, 11) is 0. The SMILES string of the molecule is CC1(O)CCN(C(=O)Nc2ccc([N+](=O)[O-])cc2)C1. The van der Waals surface area contributed by atoms with Gasteiger partial charge in [-0.3, -0.25) is 10.1 Å². The maximum Gasteiger partial charge on any atom is 0.321 e. The summed E-state index contributed by atoms with van der Waals surface area (Å²) in [4.78, 5) is 23.4. The molecule has 1 fully saturated rings. The fraction of sp³-hybridized carbons (Fsp3) is 0.417. The monoisotopic (exact) mass is 265 g/mol. The number of hydrogen-bond donors (Lipinski definition) is 2. The van der Waals surface area contributed by atoms with Gasteiger partial charge in [-0.15, -0.1) is 0 Å². The molecule has 7 nitrogen and oxygen atoms in total. The van der Waals surface area contributed by atoms with Crippen molar-refractivity contribution in [2.75, 3.05) is 18.4 Å². The highest BCUT2D eigenvalue weighted by molar-refractivity contribution is 5.89. The van der Waals surface area contributed by atoms with E-state index in [-0.39, 0.29) is 18.3 Å². The largest absolute Gasteiger partial charge is 0.388 e. The van der Waals surface area contributed by atoms with Crippen molar-refractivity contribution >= 4 is 17.4 Å². The molecule has 7 heteroatoms. The van der Waals surface area contributed by atoms with E-state index in [9.17, 15) is 20.0 Å². The summed E-state index contributed by atoms with van der Waals surface area (Å²) < 4.78 is 0. The molecule has 0 bridgehead atoms. The van der Waals surface area contributed by atoms with Gasteiger partial charge in [0.05, 0.1) is 17.1 Å². The van der Waals surface area contributed by atoms with Crippen molar-refractivity contribution in [1.82, 2.24) is 4.90 Å². The summed E-state index contributed by atoms with van der Waals surface area (Å²) in [6.45, 7) is 2.46. The van der Waals surface area contributed by atoms with Crippen LogP contribution in [0.4, 0.5) is 16.2 Å². The number of non-ortho nitro benzene ring substituents is 1. The molecule has 1 aliphatic heterocycles. The molecule has 1 aromatic carbocycles. The van der Waals surface area contributed by atoms with Crippen molar-refractivity contribution < 1.29 is 14.8 Å². The van der Waals surface area contributed by atoms with E-state index in [4.69, 9.17) is 0 Å². The van der Waals surface area contributed by atoms with Gasteiger partial charge in [0.2, 0.25) is 0 Å². The predicted octanol–water partition coefficient (Wildman–Crippen LogP) is 1.58. The minimum atomic E-state index is -0.840. The van der Waals surface area contributed by atoms with Crippen molar-refractivity contribution in [3.05, 3.63) is 34.4 Å². The number of amides is 2. The van der Waals surface area contributed by atoms with Gasteiger partial charge in [0.25, 0.3) is 5.69 Å². The van der Waals surface area contributed by atoms with Crippen LogP contribution in [0.25, 0.3) is 0 Å². The maximum absolute atomic E-state index is 11.9. The van der Waals surface area contributed by atoms with E-state index in [0.29, 0.717) is 18.7 Å². The molecule has 1 aliphatic rings. The van der Waals surface area contributed by atoms with Gasteiger partial charge in [0, 0.05) is 24.4 Å². The van der Waals surface area contributed by atoms with Gasteiger partial charge in [0.1, 0.15) is 0 Å². The first-order valence-electron chi connectivity index (χ1n) is 5.90. The highest BCUT2D eigenvalue weighted by atomic mass is 16.6. The Balaban J connectivity index is 1.98. The van der Waals surface area contributed by atoms with Crippen LogP contribution >= 0.6 is 0 Å². The fourth-order valence-electron chi connectivity index (χ4n) is 1.99. The summed E-state index contributed by atoms with van der Waals surface area (Å²) in [5.74, 6) is 0. The van der Waals surface area contributed by atoms with E-state index in [0.717, 1.165) is 0 Å². The number of nitro benzene ring substituents is 1. The van der Waals surface area contributed by atoms with Crippen molar-refractivity contribution in [2.45, 2.75) is 18.9 Å². The summed E-state index contributed by atoms with van der Waals surface area (Å²) in [5, 5.41) is 22.9. The number of carbonyl (C=O) groups excluding carboxylic acids is 1. The first-order chi connectivity index (χ1) is 8.87. The molecule has 0 spiro atoms. The van der Waals surface area contributed by atoms with Crippen LogP contribution in [0.15, 0.2) is 24.3 Å². The lowest BCUT2D eigenvalue weighted by Crippen LogP contribution is -2.36. The lowest BCUT2D eigenvalue weighted by molar-refractivity contribution is -0.384. The minimum Gasteiger partial charge on any atom is -0.388 e. The molecule has 1 unspecified atom stereocenters. The summed E-state index contributed by atoms with van der Waals surface area (Å²) in [6.07, 6.45) is 0.542. The van der Waals surface area contributed by atoms with Crippen molar-refractivity contribution in [3.63, 3.8) is 0 Å². The first-order valence-corrected chi connectivity index (χ1v) is 5.90. The summed E-state index contributed by atoms with van der Waals surface area (Å²) in [5.41, 5.74) is -0.378. The third-order valence-corrected chi connectivity index (χ3v) is 3.07. The summed E-state index contributed by atoms with van der Waals surface area (Å²) in [6, 6.07) is 5.30. The molecule has 19 heavy (non-hydrogen) atoms. The number of nitrogens with one attached hydrogen (secondary N) is 1. The fourth-order valence-corrected chi connectivity index (χ4v) is 1.99. The number of aliphatic hydroxyl groups is 1. The quantitative estimate of drug-likeness (QED) is 0.626. The van der Waals surface area contributed by atoms with Gasteiger partial charge < -0.3 is 15.3 Å². The second-order valence-electron chi connectivity index (χ2n) is 4.90. The Labute approximate surface area is 110 Å². The minimum absolute atomic E-state index is 0.0258. The van der Waals surface area contributed by atoms with Crippen LogP contribution in [-0.4, -0.2) is 39.7 Å². The molecule has 0 aliphatic carbocycles. The van der Waals surface area contributed by atoms with E-state index in [1.165, 1.54) is 29.2 Å². The van der Waals surface area contributed by atoms with E-state index in [1.807, 2.05) is 0 Å². The first kappa shape index (κ1) is 13.3. The number of hydrogen-bond acceptors (Lipinski definition) is 4. The Kier molecular flexibility index (Phi) is 3.39. The number of benzene rings is 1. The molecule has 1 saturated heterocycles. The number of urea groups is 1. The average molecular weight is 265 g/mol. The van der Waals surface area contributed by atoms with Gasteiger partial charge in [-0.2, -0.15) is 0 Å². The van der Waals surface area contributed by atoms with Gasteiger partial charge in [-0.25, -0.2) is 4.79 Å². The number of nitrogens with zero attached hydrogens (tertiary/aromatic N) is 2. The molecule has 1 atom stereocenters. The Morgan fingerprint density at radius 1 is 1.47 bits per heavy atom. The average Bonchev–Trinajstić information content (AvgIpc) is 2.70. The van der Waals surface area contributed by atoms with Crippen LogP contribution in [0.2, 0.25) is 0 Å².